The first-order chi connectivity index (χ1) is 10.7. The van der Waals surface area contributed by atoms with E-state index >= 15 is 0 Å². The quantitative estimate of drug-likeness (QED) is 0.831. The zero-order valence-corrected chi connectivity index (χ0v) is 12.6. The van der Waals surface area contributed by atoms with Crippen LogP contribution in [0.15, 0.2) is 30.5 Å². The van der Waals surface area contributed by atoms with Gasteiger partial charge in [0.05, 0.1) is 5.56 Å². The third-order valence-corrected chi connectivity index (χ3v) is 4.13. The summed E-state index contributed by atoms with van der Waals surface area (Å²) in [5.41, 5.74) is 1.42. The maximum absolute atomic E-state index is 12.1. The molecule has 2 heterocycles. The SMILES string of the molecule is O=C(OCC(O)CN1CCCCC1)c1c[nH]c2ccccc12. The van der Waals surface area contributed by atoms with Crippen molar-refractivity contribution in [3.8, 4) is 0 Å². The molecule has 0 aliphatic carbocycles. The number of aromatic amines is 1. The number of likely N-dealkylation sites (tertiary alicyclic amines) is 1. The molecule has 5 heteroatoms. The van der Waals surface area contributed by atoms with Gasteiger partial charge in [-0.2, -0.15) is 0 Å². The zero-order valence-electron chi connectivity index (χ0n) is 12.6. The third kappa shape index (κ3) is 3.48. The van der Waals surface area contributed by atoms with E-state index in [0.717, 1.165) is 24.0 Å². The van der Waals surface area contributed by atoms with Gasteiger partial charge in [-0.05, 0) is 32.0 Å². The van der Waals surface area contributed by atoms with Crippen molar-refractivity contribution in [2.45, 2.75) is 25.4 Å². The Hall–Kier alpha value is -1.85. The van der Waals surface area contributed by atoms with Gasteiger partial charge in [-0.1, -0.05) is 24.6 Å². The molecule has 2 aromatic rings. The van der Waals surface area contributed by atoms with E-state index in [1.165, 1.54) is 19.3 Å². The first kappa shape index (κ1) is 15.1. The highest BCUT2D eigenvalue weighted by molar-refractivity contribution is 6.03. The second kappa shape index (κ2) is 6.94. The van der Waals surface area contributed by atoms with Crippen LogP contribution in [0, 0.1) is 0 Å². The standard InChI is InChI=1S/C17H22N2O3/c20-13(11-19-8-4-1-5-9-19)12-22-17(21)15-10-18-16-7-3-2-6-14(15)16/h2-3,6-7,10,13,18,20H,1,4-5,8-9,11-12H2. The summed E-state index contributed by atoms with van der Waals surface area (Å²) in [5, 5.41) is 10.9. The Kier molecular flexibility index (Phi) is 4.75. The van der Waals surface area contributed by atoms with Gasteiger partial charge in [-0.3, -0.25) is 0 Å². The molecule has 1 aromatic carbocycles. The molecule has 1 unspecified atom stereocenters. The maximum Gasteiger partial charge on any atom is 0.340 e. The number of piperidine rings is 1. The number of fused-ring (bicyclic) bond motifs is 1. The van der Waals surface area contributed by atoms with E-state index in [0.29, 0.717) is 12.1 Å². The lowest BCUT2D eigenvalue weighted by Crippen LogP contribution is -2.38. The van der Waals surface area contributed by atoms with Gasteiger partial charge in [0.15, 0.2) is 0 Å². The second-order valence-corrected chi connectivity index (χ2v) is 5.86. The van der Waals surface area contributed by atoms with E-state index in [1.807, 2.05) is 24.3 Å². The largest absolute Gasteiger partial charge is 0.459 e. The molecule has 118 valence electrons. The fraction of sp³-hybridized carbons (Fsp3) is 0.471. The van der Waals surface area contributed by atoms with Gasteiger partial charge in [0, 0.05) is 23.6 Å². The molecular formula is C17H22N2O3. The number of carbonyl (C=O) groups is 1. The van der Waals surface area contributed by atoms with Gasteiger partial charge in [-0.15, -0.1) is 0 Å². The van der Waals surface area contributed by atoms with Crippen LogP contribution in [0.1, 0.15) is 29.6 Å². The van der Waals surface area contributed by atoms with E-state index in [-0.39, 0.29) is 6.61 Å². The molecule has 1 aliphatic heterocycles. The minimum absolute atomic E-state index is 0.0365. The summed E-state index contributed by atoms with van der Waals surface area (Å²) in [6.07, 6.45) is 4.66. The highest BCUT2D eigenvalue weighted by atomic mass is 16.5. The average molecular weight is 302 g/mol. The molecule has 1 atom stereocenters. The van der Waals surface area contributed by atoms with Crippen molar-refractivity contribution in [2.24, 2.45) is 0 Å². The normalized spacial score (nSPS) is 17.5. The number of hydrogen-bond donors (Lipinski definition) is 2. The number of nitrogens with zero attached hydrogens (tertiary/aromatic N) is 1. The predicted octanol–water partition coefficient (Wildman–Crippen LogP) is 2.17. The van der Waals surface area contributed by atoms with Crippen LogP contribution in [0.4, 0.5) is 0 Å². The summed E-state index contributed by atoms with van der Waals surface area (Å²) in [6, 6.07) is 7.60. The Bertz CT molecular complexity index is 632. The second-order valence-electron chi connectivity index (χ2n) is 5.86. The summed E-state index contributed by atoms with van der Waals surface area (Å²) < 4.78 is 5.26. The van der Waals surface area contributed by atoms with Gasteiger partial charge in [0.1, 0.15) is 12.7 Å². The number of β-amino-alcohol motifs (C(OH)–C–C–N with tert-alkyl or cyclic N) is 1. The topological polar surface area (TPSA) is 65.6 Å². The first-order valence-corrected chi connectivity index (χ1v) is 7.88. The third-order valence-electron chi connectivity index (χ3n) is 4.13. The van der Waals surface area contributed by atoms with Crippen molar-refractivity contribution >= 4 is 16.9 Å². The number of rotatable bonds is 5. The Morgan fingerprint density at radius 1 is 1.27 bits per heavy atom. The predicted molar refractivity (Wildman–Crippen MR) is 84.9 cm³/mol. The molecule has 3 rings (SSSR count). The molecule has 5 nitrogen and oxygen atoms in total. The zero-order chi connectivity index (χ0) is 15.4. The molecule has 0 radical (unpaired) electrons. The minimum atomic E-state index is -0.632. The number of H-pyrrole nitrogens is 1. The summed E-state index contributed by atoms with van der Waals surface area (Å²) in [6.45, 7) is 2.65. The molecule has 0 saturated carbocycles. The summed E-state index contributed by atoms with van der Waals surface area (Å²) in [7, 11) is 0. The Balaban J connectivity index is 1.53. The van der Waals surface area contributed by atoms with Crippen LogP contribution in [0.5, 0.6) is 0 Å². The van der Waals surface area contributed by atoms with E-state index < -0.39 is 12.1 Å². The van der Waals surface area contributed by atoms with E-state index in [9.17, 15) is 9.90 Å². The Morgan fingerprint density at radius 2 is 2.05 bits per heavy atom. The molecule has 2 N–H and O–H groups in total. The molecule has 1 aromatic heterocycles. The van der Waals surface area contributed by atoms with Gasteiger partial charge in [0.25, 0.3) is 0 Å². The fourth-order valence-electron chi connectivity index (χ4n) is 2.98. The molecule has 0 spiro atoms. The van der Waals surface area contributed by atoms with Gasteiger partial charge in [0.2, 0.25) is 0 Å². The molecule has 0 bridgehead atoms. The number of esters is 1. The van der Waals surface area contributed by atoms with Crippen molar-refractivity contribution < 1.29 is 14.6 Å². The number of aliphatic hydroxyl groups is 1. The number of benzene rings is 1. The summed E-state index contributed by atoms with van der Waals surface area (Å²) in [4.78, 5) is 17.4. The molecular weight excluding hydrogens is 280 g/mol. The fourth-order valence-corrected chi connectivity index (χ4v) is 2.98. The number of hydrogen-bond acceptors (Lipinski definition) is 4. The van der Waals surface area contributed by atoms with E-state index in [1.54, 1.807) is 6.20 Å². The Labute approximate surface area is 129 Å². The molecule has 22 heavy (non-hydrogen) atoms. The van der Waals surface area contributed by atoms with Crippen molar-refractivity contribution in [1.82, 2.24) is 9.88 Å². The van der Waals surface area contributed by atoms with Crippen molar-refractivity contribution in [1.29, 1.82) is 0 Å². The number of aromatic nitrogens is 1. The monoisotopic (exact) mass is 302 g/mol. The van der Waals surface area contributed by atoms with Gasteiger partial charge >= 0.3 is 5.97 Å². The smallest absolute Gasteiger partial charge is 0.340 e. The number of ether oxygens (including phenoxy) is 1. The molecule has 1 fully saturated rings. The number of nitrogens with one attached hydrogen (secondary N) is 1. The molecule has 0 amide bonds. The van der Waals surface area contributed by atoms with Crippen LogP contribution in [0.25, 0.3) is 10.9 Å². The highest BCUT2D eigenvalue weighted by Gasteiger charge is 2.18. The van der Waals surface area contributed by atoms with Crippen LogP contribution in [0.3, 0.4) is 0 Å². The lowest BCUT2D eigenvalue weighted by atomic mass is 10.1. The minimum Gasteiger partial charge on any atom is -0.459 e. The summed E-state index contributed by atoms with van der Waals surface area (Å²) in [5.74, 6) is -0.393. The van der Waals surface area contributed by atoms with E-state index in [4.69, 9.17) is 4.74 Å². The maximum atomic E-state index is 12.1. The van der Waals surface area contributed by atoms with Crippen molar-refractivity contribution in [3.63, 3.8) is 0 Å². The van der Waals surface area contributed by atoms with Crippen LogP contribution in [-0.2, 0) is 4.74 Å². The van der Waals surface area contributed by atoms with Crippen molar-refractivity contribution in [2.75, 3.05) is 26.2 Å². The van der Waals surface area contributed by atoms with Crippen LogP contribution >= 0.6 is 0 Å². The van der Waals surface area contributed by atoms with Crippen LogP contribution in [0.2, 0.25) is 0 Å². The van der Waals surface area contributed by atoms with Crippen molar-refractivity contribution in [3.05, 3.63) is 36.0 Å². The number of para-hydroxylation sites is 1. The Morgan fingerprint density at radius 3 is 2.86 bits per heavy atom. The van der Waals surface area contributed by atoms with Crippen LogP contribution in [-0.4, -0.2) is 53.3 Å². The van der Waals surface area contributed by atoms with Crippen LogP contribution < -0.4 is 0 Å². The summed E-state index contributed by atoms with van der Waals surface area (Å²) >= 11 is 0. The lowest BCUT2D eigenvalue weighted by Gasteiger charge is -2.28. The highest BCUT2D eigenvalue weighted by Crippen LogP contribution is 2.18. The molecule has 1 aliphatic rings. The average Bonchev–Trinajstić information content (AvgIpc) is 2.98. The first-order valence-electron chi connectivity index (χ1n) is 7.88. The number of aliphatic hydroxyl groups excluding tert-OH is 1. The van der Waals surface area contributed by atoms with Gasteiger partial charge in [-0.25, -0.2) is 4.79 Å². The molecule has 1 saturated heterocycles. The lowest BCUT2D eigenvalue weighted by molar-refractivity contribution is 0.0140. The van der Waals surface area contributed by atoms with E-state index in [2.05, 4.69) is 9.88 Å². The van der Waals surface area contributed by atoms with Gasteiger partial charge < -0.3 is 19.7 Å². The number of carbonyl (C=O) groups excluding carboxylic acids is 1.